The van der Waals surface area contributed by atoms with E-state index in [1.54, 1.807) is 11.0 Å². The first kappa shape index (κ1) is 14.0. The fourth-order valence-corrected chi connectivity index (χ4v) is 1.66. The Hall–Kier alpha value is -2.04. The van der Waals surface area contributed by atoms with Gasteiger partial charge in [0.25, 0.3) is 5.91 Å². The Morgan fingerprint density at radius 1 is 1.17 bits per heavy atom. The summed E-state index contributed by atoms with van der Waals surface area (Å²) < 4.78 is 5.01. The summed E-state index contributed by atoms with van der Waals surface area (Å²) in [4.78, 5) is 24.7. The molecule has 0 aliphatic heterocycles. The summed E-state index contributed by atoms with van der Waals surface area (Å²) in [6.45, 7) is 4.91. The van der Waals surface area contributed by atoms with Crippen molar-refractivity contribution in [3.63, 3.8) is 0 Å². The van der Waals surface area contributed by atoms with Crippen molar-refractivity contribution in [3.8, 4) is 5.75 Å². The summed E-state index contributed by atoms with van der Waals surface area (Å²) in [5.74, 6) is -0.908. The molecule has 0 radical (unpaired) electrons. The molecule has 0 saturated heterocycles. The van der Waals surface area contributed by atoms with Crippen molar-refractivity contribution in [2.45, 2.75) is 13.8 Å². The van der Waals surface area contributed by atoms with Crippen LogP contribution in [-0.4, -0.2) is 42.1 Å². The van der Waals surface area contributed by atoms with Crippen LogP contribution < -0.4 is 4.74 Å². The molecular weight excluding hydrogens is 234 g/mol. The zero-order valence-electron chi connectivity index (χ0n) is 10.8. The van der Waals surface area contributed by atoms with Crippen LogP contribution in [0.5, 0.6) is 5.75 Å². The van der Waals surface area contributed by atoms with Crippen molar-refractivity contribution < 1.29 is 19.4 Å². The van der Waals surface area contributed by atoms with Gasteiger partial charge in [-0.05, 0) is 32.0 Å². The van der Waals surface area contributed by atoms with E-state index in [0.29, 0.717) is 24.4 Å². The molecular formula is C13H17NO4. The van der Waals surface area contributed by atoms with Crippen molar-refractivity contribution in [1.82, 2.24) is 4.90 Å². The quantitative estimate of drug-likeness (QED) is 0.867. The van der Waals surface area contributed by atoms with Crippen LogP contribution in [0.1, 0.15) is 34.6 Å². The average molecular weight is 251 g/mol. The molecule has 0 aromatic heterocycles. The van der Waals surface area contributed by atoms with Gasteiger partial charge in [0.05, 0.1) is 12.7 Å². The van der Waals surface area contributed by atoms with Crippen molar-refractivity contribution >= 4 is 11.9 Å². The number of ether oxygens (including phenoxy) is 1. The maximum atomic E-state index is 12.1. The number of amides is 1. The van der Waals surface area contributed by atoms with Gasteiger partial charge in [0.2, 0.25) is 0 Å². The molecule has 5 heteroatoms. The smallest absolute Gasteiger partial charge is 0.335 e. The SMILES string of the molecule is CCN(CC)C(=O)c1cc(OC)cc(C(=O)O)c1. The number of hydrogen-bond acceptors (Lipinski definition) is 3. The molecule has 0 aliphatic carbocycles. The number of methoxy groups -OCH3 is 1. The van der Waals surface area contributed by atoms with Crippen LogP contribution in [-0.2, 0) is 0 Å². The predicted octanol–water partition coefficient (Wildman–Crippen LogP) is 1.88. The third-order valence-corrected chi connectivity index (χ3v) is 2.69. The van der Waals surface area contributed by atoms with Crippen LogP contribution >= 0.6 is 0 Å². The fourth-order valence-electron chi connectivity index (χ4n) is 1.66. The van der Waals surface area contributed by atoms with Crippen LogP contribution in [0.3, 0.4) is 0 Å². The first-order chi connectivity index (χ1) is 8.53. The lowest BCUT2D eigenvalue weighted by Gasteiger charge is -2.19. The Kier molecular flexibility index (Phi) is 4.71. The normalized spacial score (nSPS) is 9.94. The van der Waals surface area contributed by atoms with Crippen molar-refractivity contribution in [3.05, 3.63) is 29.3 Å². The van der Waals surface area contributed by atoms with E-state index in [1.807, 2.05) is 13.8 Å². The first-order valence-corrected chi connectivity index (χ1v) is 5.75. The number of carboxylic acids is 1. The van der Waals surface area contributed by atoms with Gasteiger partial charge in [0, 0.05) is 18.7 Å². The lowest BCUT2D eigenvalue weighted by molar-refractivity contribution is 0.0696. The Morgan fingerprint density at radius 2 is 1.72 bits per heavy atom. The molecule has 0 spiro atoms. The number of carbonyl (C=O) groups excluding carboxylic acids is 1. The minimum Gasteiger partial charge on any atom is -0.497 e. The van der Waals surface area contributed by atoms with Gasteiger partial charge in [-0.2, -0.15) is 0 Å². The number of rotatable bonds is 5. The summed E-state index contributed by atoms with van der Waals surface area (Å²) in [7, 11) is 1.44. The number of carbonyl (C=O) groups is 2. The Labute approximate surface area is 106 Å². The molecule has 1 rings (SSSR count). The molecule has 0 bridgehead atoms. The average Bonchev–Trinajstić information content (AvgIpc) is 2.39. The van der Waals surface area contributed by atoms with E-state index < -0.39 is 5.97 Å². The Bertz CT molecular complexity index is 452. The second-order valence-corrected chi connectivity index (χ2v) is 3.73. The van der Waals surface area contributed by atoms with Gasteiger partial charge in [-0.15, -0.1) is 0 Å². The summed E-state index contributed by atoms with van der Waals surface area (Å²) in [5.41, 5.74) is 0.375. The standard InChI is InChI=1S/C13H17NO4/c1-4-14(5-2)12(15)9-6-10(13(16)17)8-11(7-9)18-3/h6-8H,4-5H2,1-3H3,(H,16,17). The molecule has 98 valence electrons. The molecule has 0 fully saturated rings. The van der Waals surface area contributed by atoms with Gasteiger partial charge < -0.3 is 14.7 Å². The van der Waals surface area contributed by atoms with Gasteiger partial charge in [-0.25, -0.2) is 4.79 Å². The summed E-state index contributed by atoms with van der Waals surface area (Å²) in [6, 6.07) is 4.31. The number of aromatic carboxylic acids is 1. The van der Waals surface area contributed by atoms with Crippen LogP contribution in [0.15, 0.2) is 18.2 Å². The van der Waals surface area contributed by atoms with Crippen LogP contribution in [0.25, 0.3) is 0 Å². The highest BCUT2D eigenvalue weighted by Crippen LogP contribution is 2.18. The zero-order chi connectivity index (χ0) is 13.7. The van der Waals surface area contributed by atoms with Crippen molar-refractivity contribution in [1.29, 1.82) is 0 Å². The van der Waals surface area contributed by atoms with E-state index in [4.69, 9.17) is 9.84 Å². The minimum absolute atomic E-state index is 0.0462. The predicted molar refractivity (Wildman–Crippen MR) is 67.2 cm³/mol. The molecule has 1 aromatic rings. The van der Waals surface area contributed by atoms with E-state index >= 15 is 0 Å². The monoisotopic (exact) mass is 251 g/mol. The highest BCUT2D eigenvalue weighted by atomic mass is 16.5. The van der Waals surface area contributed by atoms with E-state index in [2.05, 4.69) is 0 Å². The number of benzene rings is 1. The van der Waals surface area contributed by atoms with Gasteiger partial charge in [-0.1, -0.05) is 0 Å². The third kappa shape index (κ3) is 3.00. The van der Waals surface area contributed by atoms with Gasteiger partial charge in [0.1, 0.15) is 5.75 Å². The molecule has 18 heavy (non-hydrogen) atoms. The number of hydrogen-bond donors (Lipinski definition) is 1. The Balaban J connectivity index is 3.19. The highest BCUT2D eigenvalue weighted by molar-refractivity contribution is 5.98. The lowest BCUT2D eigenvalue weighted by Crippen LogP contribution is -2.30. The lowest BCUT2D eigenvalue weighted by atomic mass is 10.1. The molecule has 0 atom stereocenters. The molecule has 0 saturated carbocycles. The zero-order valence-corrected chi connectivity index (χ0v) is 10.8. The van der Waals surface area contributed by atoms with E-state index in [-0.39, 0.29) is 11.5 Å². The van der Waals surface area contributed by atoms with Crippen molar-refractivity contribution in [2.24, 2.45) is 0 Å². The molecule has 0 unspecified atom stereocenters. The maximum absolute atomic E-state index is 12.1. The van der Waals surface area contributed by atoms with Gasteiger partial charge >= 0.3 is 5.97 Å². The number of nitrogens with zero attached hydrogens (tertiary/aromatic N) is 1. The van der Waals surface area contributed by atoms with Crippen LogP contribution in [0.4, 0.5) is 0 Å². The highest BCUT2D eigenvalue weighted by Gasteiger charge is 2.16. The summed E-state index contributed by atoms with van der Waals surface area (Å²) in [5, 5.41) is 8.98. The largest absolute Gasteiger partial charge is 0.497 e. The summed E-state index contributed by atoms with van der Waals surface area (Å²) >= 11 is 0. The van der Waals surface area contributed by atoms with E-state index in [0.717, 1.165) is 0 Å². The van der Waals surface area contributed by atoms with Gasteiger partial charge in [0.15, 0.2) is 0 Å². The second kappa shape index (κ2) is 6.05. The van der Waals surface area contributed by atoms with Gasteiger partial charge in [-0.3, -0.25) is 4.79 Å². The van der Waals surface area contributed by atoms with Crippen LogP contribution in [0, 0.1) is 0 Å². The second-order valence-electron chi connectivity index (χ2n) is 3.73. The first-order valence-electron chi connectivity index (χ1n) is 5.75. The fraction of sp³-hybridized carbons (Fsp3) is 0.385. The maximum Gasteiger partial charge on any atom is 0.335 e. The number of carboxylic acid groups (broad SMARTS) is 1. The molecule has 1 N–H and O–H groups in total. The molecule has 1 amide bonds. The third-order valence-electron chi connectivity index (χ3n) is 2.69. The molecule has 0 aliphatic rings. The van der Waals surface area contributed by atoms with E-state index in [1.165, 1.54) is 19.2 Å². The molecule has 1 aromatic carbocycles. The molecule has 5 nitrogen and oxygen atoms in total. The molecule has 0 heterocycles. The van der Waals surface area contributed by atoms with Crippen LogP contribution in [0.2, 0.25) is 0 Å². The minimum atomic E-state index is -1.08. The van der Waals surface area contributed by atoms with Crippen molar-refractivity contribution in [2.75, 3.05) is 20.2 Å². The summed E-state index contributed by atoms with van der Waals surface area (Å²) in [6.07, 6.45) is 0. The Morgan fingerprint density at radius 3 is 2.17 bits per heavy atom. The van der Waals surface area contributed by atoms with E-state index in [9.17, 15) is 9.59 Å². The topological polar surface area (TPSA) is 66.8 Å².